The number of nitrogens with zero attached hydrogens (tertiary/aromatic N) is 1. The average Bonchev–Trinajstić information content (AvgIpc) is 3.17. The fraction of sp³-hybridized carbons (Fsp3) is 0.500. The Hall–Kier alpha value is -3.35. The first-order valence-electron chi connectivity index (χ1n) is 13.5. The van der Waals surface area contributed by atoms with Gasteiger partial charge in [0.05, 0.1) is 0 Å². The Balaban J connectivity index is 1.30. The summed E-state index contributed by atoms with van der Waals surface area (Å²) in [5.41, 5.74) is 9.37. The molecular weight excluding hydrogens is 468 g/mol. The number of rotatable bonds is 8. The second-order valence-corrected chi connectivity index (χ2v) is 11.7. The van der Waals surface area contributed by atoms with Crippen LogP contribution in [-0.2, 0) is 14.3 Å². The lowest BCUT2D eigenvalue weighted by molar-refractivity contribution is -0.152. The summed E-state index contributed by atoms with van der Waals surface area (Å²) in [6, 6.07) is 15.2. The predicted octanol–water partition coefficient (Wildman–Crippen LogP) is 4.93. The van der Waals surface area contributed by atoms with Gasteiger partial charge >= 0.3 is 12.1 Å². The fourth-order valence-corrected chi connectivity index (χ4v) is 8.32. The number of carboxylic acid groups (broad SMARTS) is 1. The third-order valence-corrected chi connectivity index (χ3v) is 9.31. The second-order valence-electron chi connectivity index (χ2n) is 11.7. The van der Waals surface area contributed by atoms with Gasteiger partial charge in [-0.2, -0.15) is 0 Å². The number of benzene rings is 2. The molecule has 0 unspecified atom stereocenters. The standard InChI is InChI=1S/C30H34N2O5/c31-27(33)10-9-26(28(34)35)32(30-14-18-11-19(15-30)13-20(12-18)16-30)29(36)37-17-25-23-7-3-1-5-21(23)22-6-2-4-8-24(22)25/h1-8,18-20,25-26H,9-17H2,(H2,31,33)(H,34,35)/t18?,19?,20?,26-,30?/m0/s1. The highest BCUT2D eigenvalue weighted by atomic mass is 16.6. The first kappa shape index (κ1) is 24.0. The minimum Gasteiger partial charge on any atom is -0.480 e. The summed E-state index contributed by atoms with van der Waals surface area (Å²) in [6.45, 7) is 0.137. The van der Waals surface area contributed by atoms with E-state index < -0.39 is 29.6 Å². The van der Waals surface area contributed by atoms with E-state index in [1.54, 1.807) is 0 Å². The third-order valence-electron chi connectivity index (χ3n) is 9.31. The second kappa shape index (κ2) is 9.19. The van der Waals surface area contributed by atoms with Crippen molar-refractivity contribution in [3.05, 3.63) is 59.7 Å². The van der Waals surface area contributed by atoms with Crippen LogP contribution >= 0.6 is 0 Å². The summed E-state index contributed by atoms with van der Waals surface area (Å²) in [6.07, 6.45) is 5.24. The van der Waals surface area contributed by atoms with Crippen molar-refractivity contribution >= 4 is 18.0 Å². The summed E-state index contributed by atoms with van der Waals surface area (Å²) < 4.78 is 6.04. The van der Waals surface area contributed by atoms with Crippen molar-refractivity contribution in [2.75, 3.05) is 6.61 Å². The quantitative estimate of drug-likeness (QED) is 0.532. The molecular formula is C30H34N2O5. The molecule has 4 bridgehead atoms. The molecule has 0 aliphatic heterocycles. The number of carboxylic acids is 1. The topological polar surface area (TPSA) is 110 Å². The number of hydrogen-bond acceptors (Lipinski definition) is 4. The Bertz CT molecular complexity index is 1160. The van der Waals surface area contributed by atoms with Crippen molar-refractivity contribution in [3.8, 4) is 11.1 Å². The lowest BCUT2D eigenvalue weighted by Crippen LogP contribution is -2.65. The molecule has 1 atom stereocenters. The van der Waals surface area contributed by atoms with Crippen LogP contribution < -0.4 is 5.73 Å². The van der Waals surface area contributed by atoms with Gasteiger partial charge in [-0.3, -0.25) is 9.69 Å². The summed E-state index contributed by atoms with van der Waals surface area (Å²) in [7, 11) is 0. The Morgan fingerprint density at radius 1 is 0.919 bits per heavy atom. The smallest absolute Gasteiger partial charge is 0.411 e. The van der Waals surface area contributed by atoms with Crippen molar-refractivity contribution in [2.24, 2.45) is 23.5 Å². The van der Waals surface area contributed by atoms with Crippen molar-refractivity contribution in [1.29, 1.82) is 0 Å². The van der Waals surface area contributed by atoms with Gasteiger partial charge < -0.3 is 15.6 Å². The highest BCUT2D eigenvalue weighted by Gasteiger charge is 2.57. The maximum atomic E-state index is 14.0. The van der Waals surface area contributed by atoms with Crippen LogP contribution in [0.5, 0.6) is 0 Å². The Morgan fingerprint density at radius 2 is 1.43 bits per heavy atom. The summed E-state index contributed by atoms with van der Waals surface area (Å²) >= 11 is 0. The summed E-state index contributed by atoms with van der Waals surface area (Å²) in [4.78, 5) is 39.6. The molecule has 37 heavy (non-hydrogen) atoms. The van der Waals surface area contributed by atoms with E-state index in [4.69, 9.17) is 10.5 Å². The molecule has 0 saturated heterocycles. The van der Waals surface area contributed by atoms with E-state index in [-0.39, 0.29) is 25.4 Å². The van der Waals surface area contributed by atoms with Crippen LogP contribution in [0.3, 0.4) is 0 Å². The van der Waals surface area contributed by atoms with E-state index in [1.165, 1.54) is 4.90 Å². The molecule has 2 aromatic carbocycles. The first-order valence-corrected chi connectivity index (χ1v) is 13.5. The molecule has 0 heterocycles. The fourth-order valence-electron chi connectivity index (χ4n) is 8.32. The zero-order chi connectivity index (χ0) is 25.7. The highest BCUT2D eigenvalue weighted by molar-refractivity contribution is 5.83. The van der Waals surface area contributed by atoms with E-state index >= 15 is 0 Å². The first-order chi connectivity index (χ1) is 17.8. The number of nitrogens with two attached hydrogens (primary N) is 1. The number of fused-ring (bicyclic) bond motifs is 3. The minimum absolute atomic E-state index is 0.00336. The van der Waals surface area contributed by atoms with Crippen molar-refractivity contribution < 1.29 is 24.2 Å². The number of aliphatic carboxylic acids is 1. The van der Waals surface area contributed by atoms with Gasteiger partial charge in [0.25, 0.3) is 0 Å². The van der Waals surface area contributed by atoms with Gasteiger partial charge in [0.15, 0.2) is 0 Å². The number of hydrogen-bond donors (Lipinski definition) is 2. The number of ether oxygens (including phenoxy) is 1. The zero-order valence-corrected chi connectivity index (χ0v) is 21.0. The Labute approximate surface area is 217 Å². The van der Waals surface area contributed by atoms with Crippen molar-refractivity contribution in [2.45, 2.75) is 68.9 Å². The van der Waals surface area contributed by atoms with Crippen LogP contribution in [0.25, 0.3) is 11.1 Å². The van der Waals surface area contributed by atoms with Gasteiger partial charge in [-0.25, -0.2) is 9.59 Å². The number of carbonyl (C=O) groups excluding carboxylic acids is 2. The van der Waals surface area contributed by atoms with Gasteiger partial charge in [0.1, 0.15) is 12.6 Å². The predicted molar refractivity (Wildman–Crippen MR) is 138 cm³/mol. The van der Waals surface area contributed by atoms with Crippen LogP contribution in [0.15, 0.2) is 48.5 Å². The average molecular weight is 503 g/mol. The molecule has 5 aliphatic rings. The van der Waals surface area contributed by atoms with Crippen LogP contribution in [0.4, 0.5) is 4.79 Å². The van der Waals surface area contributed by atoms with E-state index in [0.717, 1.165) is 60.8 Å². The van der Waals surface area contributed by atoms with Gasteiger partial charge in [-0.15, -0.1) is 0 Å². The van der Waals surface area contributed by atoms with Gasteiger partial charge in [-0.1, -0.05) is 48.5 Å². The van der Waals surface area contributed by atoms with Gasteiger partial charge in [-0.05, 0) is 85.0 Å². The van der Waals surface area contributed by atoms with Crippen LogP contribution in [0.2, 0.25) is 0 Å². The van der Waals surface area contributed by atoms with Crippen LogP contribution in [0.1, 0.15) is 68.4 Å². The van der Waals surface area contributed by atoms with Gasteiger partial charge in [0.2, 0.25) is 5.91 Å². The molecule has 2 amide bonds. The Morgan fingerprint density at radius 3 is 1.92 bits per heavy atom. The molecule has 5 aliphatic carbocycles. The monoisotopic (exact) mass is 502 g/mol. The zero-order valence-electron chi connectivity index (χ0n) is 21.0. The summed E-state index contributed by atoms with van der Waals surface area (Å²) in [5.74, 6) is -0.236. The SMILES string of the molecule is NC(=O)CC[C@@H](C(=O)O)N(C(=O)OCC1c2ccccc2-c2ccccc21)C12CC3CC(CC(C3)C1)C2. The van der Waals surface area contributed by atoms with Crippen molar-refractivity contribution in [3.63, 3.8) is 0 Å². The molecule has 194 valence electrons. The molecule has 7 nitrogen and oxygen atoms in total. The molecule has 7 rings (SSSR count). The maximum Gasteiger partial charge on any atom is 0.411 e. The van der Waals surface area contributed by atoms with E-state index in [1.807, 2.05) is 24.3 Å². The molecule has 0 spiro atoms. The Kier molecular flexibility index (Phi) is 5.97. The van der Waals surface area contributed by atoms with Crippen LogP contribution in [-0.4, -0.2) is 46.2 Å². The molecule has 7 heteroatoms. The number of amides is 2. The molecule has 0 radical (unpaired) electrons. The summed E-state index contributed by atoms with van der Waals surface area (Å²) in [5, 5.41) is 10.2. The maximum absolute atomic E-state index is 14.0. The van der Waals surface area contributed by atoms with E-state index in [0.29, 0.717) is 17.8 Å². The third kappa shape index (κ3) is 4.18. The number of primary amides is 1. The van der Waals surface area contributed by atoms with Crippen LogP contribution in [0, 0.1) is 17.8 Å². The molecule has 4 saturated carbocycles. The van der Waals surface area contributed by atoms with Crippen molar-refractivity contribution in [1.82, 2.24) is 4.90 Å². The lowest BCUT2D eigenvalue weighted by Gasteiger charge is -2.60. The van der Waals surface area contributed by atoms with Gasteiger partial charge in [0, 0.05) is 17.9 Å². The normalized spacial score (nSPS) is 27.8. The van der Waals surface area contributed by atoms with E-state index in [2.05, 4.69) is 24.3 Å². The molecule has 0 aromatic heterocycles. The van der Waals surface area contributed by atoms with E-state index in [9.17, 15) is 19.5 Å². The lowest BCUT2D eigenvalue weighted by atomic mass is 9.52. The molecule has 4 fully saturated rings. The minimum atomic E-state index is -1.14. The number of carbonyl (C=O) groups is 3. The molecule has 3 N–H and O–H groups in total. The largest absolute Gasteiger partial charge is 0.480 e. The highest BCUT2D eigenvalue weighted by Crippen LogP contribution is 2.58. The molecule has 2 aromatic rings.